The van der Waals surface area contributed by atoms with E-state index in [0.717, 1.165) is 12.0 Å². The molecule has 0 aliphatic carbocycles. The highest BCUT2D eigenvalue weighted by molar-refractivity contribution is 7.99. The van der Waals surface area contributed by atoms with Crippen LogP contribution in [0.3, 0.4) is 0 Å². The van der Waals surface area contributed by atoms with Gasteiger partial charge in [0.2, 0.25) is 5.91 Å². The first kappa shape index (κ1) is 20.7. The van der Waals surface area contributed by atoms with Gasteiger partial charge in [0, 0.05) is 17.4 Å². The van der Waals surface area contributed by atoms with E-state index in [4.69, 9.17) is 14.2 Å². The van der Waals surface area contributed by atoms with Crippen molar-refractivity contribution in [1.29, 1.82) is 0 Å². The second-order valence-electron chi connectivity index (χ2n) is 6.93. The van der Waals surface area contributed by atoms with Crippen molar-refractivity contribution < 1.29 is 28.6 Å². The largest absolute Gasteiger partial charge is 0.461 e. The smallest absolute Gasteiger partial charge is 0.355 e. The van der Waals surface area contributed by atoms with Crippen molar-refractivity contribution in [2.75, 3.05) is 26.1 Å². The van der Waals surface area contributed by atoms with Crippen LogP contribution in [0.5, 0.6) is 0 Å². The third kappa shape index (κ3) is 3.28. The number of β-lactam (4-membered cyclic amide) rings is 1. The molecule has 152 valence electrons. The summed E-state index contributed by atoms with van der Waals surface area (Å²) in [5.74, 6) is -2.52. The van der Waals surface area contributed by atoms with Gasteiger partial charge in [0.05, 0.1) is 17.9 Å². The van der Waals surface area contributed by atoms with Crippen molar-refractivity contribution in [3.05, 3.63) is 36.6 Å². The summed E-state index contributed by atoms with van der Waals surface area (Å²) >= 11 is 1.62. The van der Waals surface area contributed by atoms with Gasteiger partial charge in [0.1, 0.15) is 25.0 Å². The van der Waals surface area contributed by atoms with Crippen LogP contribution in [-0.2, 0) is 28.6 Å². The lowest BCUT2D eigenvalue weighted by atomic mass is 9.76. The van der Waals surface area contributed by atoms with Gasteiger partial charge in [-0.1, -0.05) is 32.2 Å². The molecule has 5 atom stereocenters. The number of thioether (sulfide) groups is 1. The van der Waals surface area contributed by atoms with Crippen LogP contribution in [0.15, 0.2) is 36.6 Å². The summed E-state index contributed by atoms with van der Waals surface area (Å²) in [6, 6.07) is -0.394. The van der Waals surface area contributed by atoms with Crippen molar-refractivity contribution >= 4 is 29.6 Å². The molecular weight excluding hydrogens is 382 g/mol. The Morgan fingerprint density at radius 2 is 2.00 bits per heavy atom. The molecule has 2 saturated heterocycles. The molecule has 0 N–H and O–H groups in total. The molecule has 3 rings (SSSR count). The van der Waals surface area contributed by atoms with Gasteiger partial charge >= 0.3 is 11.9 Å². The van der Waals surface area contributed by atoms with E-state index >= 15 is 0 Å². The Morgan fingerprint density at radius 1 is 1.32 bits per heavy atom. The Kier molecular flexibility index (Phi) is 6.30. The van der Waals surface area contributed by atoms with E-state index in [1.54, 1.807) is 18.7 Å². The molecule has 0 bridgehead atoms. The molecule has 3 aliphatic rings. The van der Waals surface area contributed by atoms with Crippen molar-refractivity contribution in [3.8, 4) is 0 Å². The van der Waals surface area contributed by atoms with Gasteiger partial charge in [0.25, 0.3) is 0 Å². The molecule has 28 heavy (non-hydrogen) atoms. The summed E-state index contributed by atoms with van der Waals surface area (Å²) in [5.41, 5.74) is 1.06. The van der Waals surface area contributed by atoms with E-state index in [0.29, 0.717) is 6.61 Å². The van der Waals surface area contributed by atoms with Crippen molar-refractivity contribution in [3.63, 3.8) is 0 Å². The van der Waals surface area contributed by atoms with Crippen LogP contribution in [-0.4, -0.2) is 66.2 Å². The molecule has 3 heterocycles. The van der Waals surface area contributed by atoms with Crippen molar-refractivity contribution in [2.24, 2.45) is 11.8 Å². The summed E-state index contributed by atoms with van der Waals surface area (Å²) in [7, 11) is 0. The lowest BCUT2D eigenvalue weighted by Crippen LogP contribution is -2.65. The van der Waals surface area contributed by atoms with E-state index in [9.17, 15) is 14.4 Å². The van der Waals surface area contributed by atoms with Gasteiger partial charge in [0.15, 0.2) is 0 Å². The van der Waals surface area contributed by atoms with E-state index in [-0.39, 0.29) is 30.1 Å². The van der Waals surface area contributed by atoms with Crippen LogP contribution < -0.4 is 0 Å². The third-order valence-electron chi connectivity index (χ3n) is 5.41. The highest BCUT2D eigenvalue weighted by Crippen LogP contribution is 2.51. The molecule has 0 saturated carbocycles. The van der Waals surface area contributed by atoms with E-state index in [2.05, 4.69) is 13.2 Å². The summed E-state index contributed by atoms with van der Waals surface area (Å²) in [5, 5.41) is 0.0621. The molecule has 0 radical (unpaired) electrons. The SMILES string of the molecule is C=CCOC(=O)C1=C2[C@@H](SC)CCO[C@@H]2[C@@H]2[C@H]([C@@H](C)C(=O)OCC=C)C(=O)N12. The first-order valence-corrected chi connectivity index (χ1v) is 10.5. The number of rotatable bonds is 8. The monoisotopic (exact) mass is 407 g/mol. The second kappa shape index (κ2) is 8.53. The summed E-state index contributed by atoms with van der Waals surface area (Å²) in [4.78, 5) is 39.4. The average molecular weight is 407 g/mol. The van der Waals surface area contributed by atoms with Gasteiger partial charge in [-0.2, -0.15) is 11.8 Å². The molecule has 1 amide bonds. The minimum Gasteiger partial charge on any atom is -0.461 e. The maximum absolute atomic E-state index is 13.0. The Balaban J connectivity index is 1.90. The zero-order valence-electron chi connectivity index (χ0n) is 16.1. The number of ether oxygens (including phenoxy) is 3. The molecule has 0 spiro atoms. The maximum atomic E-state index is 13.0. The van der Waals surface area contributed by atoms with Crippen LogP contribution >= 0.6 is 11.8 Å². The number of hydrogen-bond acceptors (Lipinski definition) is 7. The van der Waals surface area contributed by atoms with Crippen LogP contribution in [0.4, 0.5) is 0 Å². The third-order valence-corrected chi connectivity index (χ3v) is 6.47. The number of carbonyl (C=O) groups excluding carboxylic acids is 3. The zero-order valence-corrected chi connectivity index (χ0v) is 16.9. The predicted molar refractivity (Wildman–Crippen MR) is 104 cm³/mol. The van der Waals surface area contributed by atoms with Crippen LogP contribution in [0.1, 0.15) is 13.3 Å². The molecule has 0 aromatic carbocycles. The van der Waals surface area contributed by atoms with E-state index < -0.39 is 35.9 Å². The highest BCUT2D eigenvalue weighted by atomic mass is 32.2. The van der Waals surface area contributed by atoms with Crippen molar-refractivity contribution in [2.45, 2.75) is 30.7 Å². The van der Waals surface area contributed by atoms with Gasteiger partial charge in [-0.05, 0) is 12.7 Å². The zero-order chi connectivity index (χ0) is 20.4. The molecule has 2 fully saturated rings. The van der Waals surface area contributed by atoms with Crippen LogP contribution in [0, 0.1) is 11.8 Å². The fraction of sp³-hybridized carbons (Fsp3) is 0.550. The number of fused-ring (bicyclic) bond motifs is 3. The molecule has 3 aliphatic heterocycles. The second-order valence-corrected chi connectivity index (χ2v) is 7.97. The standard InChI is InChI=1S/C20H25NO6S/c1-5-8-26-19(23)11(3)13-15-17-14(12(28-4)7-10-25-17)16(21(15)18(13)22)20(24)27-9-6-2/h5-6,11-13,15,17H,1-2,7-10H2,3-4H3/t11-,12+,13+,15+,17+/m1/s1. The van der Waals surface area contributed by atoms with Crippen LogP contribution in [0.25, 0.3) is 0 Å². The highest BCUT2D eigenvalue weighted by Gasteiger charge is 2.64. The Morgan fingerprint density at radius 3 is 2.64 bits per heavy atom. The first-order chi connectivity index (χ1) is 13.5. The minimum atomic E-state index is -0.642. The Labute approximate surface area is 168 Å². The quantitative estimate of drug-likeness (QED) is 0.344. The summed E-state index contributed by atoms with van der Waals surface area (Å²) < 4.78 is 16.3. The maximum Gasteiger partial charge on any atom is 0.355 e. The summed E-state index contributed by atoms with van der Waals surface area (Å²) in [6.45, 7) is 9.44. The first-order valence-electron chi connectivity index (χ1n) is 9.25. The van der Waals surface area contributed by atoms with Crippen molar-refractivity contribution in [1.82, 2.24) is 4.90 Å². The fourth-order valence-corrected chi connectivity index (χ4v) is 4.98. The number of carbonyl (C=O) groups is 3. The summed E-state index contributed by atoms with van der Waals surface area (Å²) in [6.07, 6.45) is 5.28. The normalized spacial score (nSPS) is 29.4. The number of nitrogens with zero attached hydrogens (tertiary/aromatic N) is 1. The fourth-order valence-electron chi connectivity index (χ4n) is 4.15. The molecular formula is C20H25NO6S. The number of esters is 2. The topological polar surface area (TPSA) is 82.1 Å². The number of amides is 1. The van der Waals surface area contributed by atoms with Gasteiger partial charge in [-0.3, -0.25) is 14.5 Å². The molecule has 0 aromatic rings. The Bertz CT molecular complexity index is 732. The molecule has 8 heteroatoms. The number of hydrogen-bond donors (Lipinski definition) is 0. The van der Waals surface area contributed by atoms with E-state index in [1.165, 1.54) is 17.1 Å². The van der Waals surface area contributed by atoms with Gasteiger partial charge in [-0.15, -0.1) is 0 Å². The molecule has 7 nitrogen and oxygen atoms in total. The predicted octanol–water partition coefficient (Wildman–Crippen LogP) is 1.70. The van der Waals surface area contributed by atoms with Gasteiger partial charge < -0.3 is 14.2 Å². The van der Waals surface area contributed by atoms with Crippen LogP contribution in [0.2, 0.25) is 0 Å². The minimum absolute atomic E-state index is 0.0610. The lowest BCUT2D eigenvalue weighted by molar-refractivity contribution is -0.172. The van der Waals surface area contributed by atoms with Gasteiger partial charge in [-0.25, -0.2) is 4.79 Å². The average Bonchev–Trinajstić information content (AvgIpc) is 3.00. The molecule has 0 aromatic heterocycles. The Hall–Kier alpha value is -2.06. The van der Waals surface area contributed by atoms with E-state index in [1.807, 2.05) is 6.26 Å². The molecule has 0 unspecified atom stereocenters. The lowest BCUT2D eigenvalue weighted by Gasteiger charge is -2.47.